The van der Waals surface area contributed by atoms with Gasteiger partial charge in [-0.15, -0.1) is 23.1 Å². The minimum atomic E-state index is -0.555. The molecule has 0 radical (unpaired) electrons. The Labute approximate surface area is 328 Å². The van der Waals surface area contributed by atoms with E-state index in [0.29, 0.717) is 46.1 Å². The zero-order chi connectivity index (χ0) is 38.7. The van der Waals surface area contributed by atoms with Crippen molar-refractivity contribution in [3.63, 3.8) is 0 Å². The highest BCUT2D eigenvalue weighted by atomic mass is 32.2. The molecule has 6 rings (SSSR count). The van der Waals surface area contributed by atoms with E-state index in [1.165, 1.54) is 35.8 Å². The first kappa shape index (κ1) is 39.0. The van der Waals surface area contributed by atoms with E-state index in [1.807, 2.05) is 36.4 Å². The summed E-state index contributed by atoms with van der Waals surface area (Å²) < 4.78 is 10.9. The number of carbonyl (C=O) groups is 4. The molecule has 0 aliphatic carbocycles. The van der Waals surface area contributed by atoms with Crippen LogP contribution in [0.15, 0.2) is 120 Å². The number of amides is 3. The lowest BCUT2D eigenvalue weighted by molar-refractivity contribution is -0.115. The van der Waals surface area contributed by atoms with Crippen LogP contribution in [0.2, 0.25) is 0 Å². The van der Waals surface area contributed by atoms with Crippen molar-refractivity contribution in [1.82, 2.24) is 10.2 Å². The zero-order valence-corrected chi connectivity index (χ0v) is 32.4. The lowest BCUT2D eigenvalue weighted by Gasteiger charge is -2.27. The number of benzene rings is 4. The molecule has 55 heavy (non-hydrogen) atoms. The molecule has 10 nitrogen and oxygen atoms in total. The number of esters is 1. The highest BCUT2D eigenvalue weighted by molar-refractivity contribution is 8.00. The molecule has 0 fully saturated rings. The number of hydrogen-bond donors (Lipinski definition) is 3. The number of rotatable bonds is 14. The number of thiophene rings is 1. The summed E-state index contributed by atoms with van der Waals surface area (Å²) in [6.07, 6.45) is 2.24. The number of ether oxygens (including phenoxy) is 2. The van der Waals surface area contributed by atoms with Crippen molar-refractivity contribution in [2.45, 2.75) is 43.5 Å². The second kappa shape index (κ2) is 18.6. The van der Waals surface area contributed by atoms with Crippen LogP contribution in [0.5, 0.6) is 5.75 Å². The lowest BCUT2D eigenvalue weighted by Crippen LogP contribution is -2.30. The Morgan fingerprint density at radius 2 is 1.64 bits per heavy atom. The first-order valence-corrected chi connectivity index (χ1v) is 19.6. The summed E-state index contributed by atoms with van der Waals surface area (Å²) >= 11 is 2.74. The minimum absolute atomic E-state index is 0.0170. The van der Waals surface area contributed by atoms with E-state index in [0.717, 1.165) is 28.4 Å². The van der Waals surface area contributed by atoms with Gasteiger partial charge in [0, 0.05) is 46.2 Å². The van der Waals surface area contributed by atoms with Gasteiger partial charge in [0.05, 0.1) is 24.5 Å². The van der Waals surface area contributed by atoms with Crippen molar-refractivity contribution in [2.75, 3.05) is 30.9 Å². The Morgan fingerprint density at radius 3 is 2.38 bits per heavy atom. The number of nitrogens with one attached hydrogen (secondary N) is 3. The fourth-order valence-corrected chi connectivity index (χ4v) is 8.35. The molecule has 1 unspecified atom stereocenters. The summed E-state index contributed by atoms with van der Waals surface area (Å²) in [6, 6.07) is 33.2. The summed E-state index contributed by atoms with van der Waals surface area (Å²) in [7, 11) is 1.53. The van der Waals surface area contributed by atoms with E-state index in [4.69, 9.17) is 9.47 Å². The highest BCUT2D eigenvalue weighted by Crippen LogP contribution is 2.39. The lowest BCUT2D eigenvalue weighted by atomic mass is 10.0. The monoisotopic (exact) mass is 774 g/mol. The van der Waals surface area contributed by atoms with E-state index in [1.54, 1.807) is 80.6 Å². The van der Waals surface area contributed by atoms with Crippen molar-refractivity contribution in [2.24, 2.45) is 0 Å². The third-order valence-electron chi connectivity index (χ3n) is 8.84. The van der Waals surface area contributed by atoms with E-state index >= 15 is 0 Å². The van der Waals surface area contributed by atoms with Crippen LogP contribution in [0, 0.1) is 0 Å². The van der Waals surface area contributed by atoms with E-state index < -0.39 is 23.0 Å². The number of nitrogens with zero attached hydrogens (tertiary/aromatic N) is 1. The van der Waals surface area contributed by atoms with Gasteiger partial charge in [0.15, 0.2) is 0 Å². The normalized spacial score (nSPS) is 13.3. The number of carbonyl (C=O) groups excluding carboxylic acids is 4. The fourth-order valence-electron chi connectivity index (χ4n) is 6.14. The minimum Gasteiger partial charge on any atom is -0.496 e. The summed E-state index contributed by atoms with van der Waals surface area (Å²) in [4.78, 5) is 57.8. The molecular formula is C43H42N4O6S2. The van der Waals surface area contributed by atoms with Crippen LogP contribution in [0.3, 0.4) is 0 Å². The maximum absolute atomic E-state index is 13.7. The molecule has 2 heterocycles. The molecule has 1 aliphatic heterocycles. The molecule has 282 valence electrons. The Morgan fingerprint density at radius 1 is 0.909 bits per heavy atom. The third kappa shape index (κ3) is 10.1. The smallest absolute Gasteiger partial charge is 0.341 e. The quantitative estimate of drug-likeness (QED) is 0.0589. The Kier molecular flexibility index (Phi) is 13.2. The van der Waals surface area contributed by atoms with Gasteiger partial charge in [-0.1, -0.05) is 72.8 Å². The maximum atomic E-state index is 13.7. The van der Waals surface area contributed by atoms with Crippen molar-refractivity contribution < 1.29 is 28.7 Å². The number of thioether (sulfide) groups is 1. The van der Waals surface area contributed by atoms with Gasteiger partial charge in [0.1, 0.15) is 16.4 Å². The predicted octanol–water partition coefficient (Wildman–Crippen LogP) is 8.02. The Bertz CT molecular complexity index is 2190. The van der Waals surface area contributed by atoms with Gasteiger partial charge in [-0.3, -0.25) is 19.3 Å². The fraction of sp³-hybridized carbons (Fsp3) is 0.209. The summed E-state index contributed by atoms with van der Waals surface area (Å²) in [5.74, 6) is -1.15. The average molecular weight is 775 g/mol. The Balaban J connectivity index is 1.15. The van der Waals surface area contributed by atoms with Crippen molar-refractivity contribution >= 4 is 63.6 Å². The van der Waals surface area contributed by atoms with E-state index in [9.17, 15) is 19.2 Å². The van der Waals surface area contributed by atoms with Gasteiger partial charge in [0.2, 0.25) is 5.91 Å². The maximum Gasteiger partial charge on any atom is 0.341 e. The van der Waals surface area contributed by atoms with Crippen LogP contribution in [-0.4, -0.2) is 54.1 Å². The average Bonchev–Trinajstić information content (AvgIpc) is 3.55. The molecule has 3 N–H and O–H groups in total. The van der Waals surface area contributed by atoms with Crippen molar-refractivity contribution in [1.29, 1.82) is 0 Å². The van der Waals surface area contributed by atoms with E-state index in [-0.39, 0.29) is 18.2 Å². The number of hydrogen-bond acceptors (Lipinski definition) is 9. The molecular weight excluding hydrogens is 733 g/mol. The number of methoxy groups -OCH3 is 1. The molecule has 1 aliphatic rings. The first-order valence-electron chi connectivity index (χ1n) is 17.9. The SMILES string of the molecule is CCOC(=O)c1c(NC(=O)C(C)Sc2cccc(NC(=O)/C(=C\c3ccccc3OC)NC(=O)c3ccccc3)c2)sc2c1CCN(Cc1ccccc1)C2. The largest absolute Gasteiger partial charge is 0.496 e. The highest BCUT2D eigenvalue weighted by Gasteiger charge is 2.30. The van der Waals surface area contributed by atoms with Crippen LogP contribution in [0.1, 0.15) is 56.1 Å². The summed E-state index contributed by atoms with van der Waals surface area (Å²) in [5, 5.41) is 8.61. The zero-order valence-electron chi connectivity index (χ0n) is 30.8. The molecule has 0 saturated carbocycles. The Hall–Kier alpha value is -5.69. The van der Waals surface area contributed by atoms with Gasteiger partial charge >= 0.3 is 5.97 Å². The van der Waals surface area contributed by atoms with Crippen LogP contribution in [-0.2, 0) is 33.8 Å². The number of para-hydroxylation sites is 1. The van der Waals surface area contributed by atoms with Crippen LogP contribution in [0.25, 0.3) is 6.08 Å². The van der Waals surface area contributed by atoms with Gasteiger partial charge in [0.25, 0.3) is 11.8 Å². The molecule has 0 saturated heterocycles. The summed E-state index contributed by atoms with van der Waals surface area (Å²) in [6.45, 7) is 6.04. The van der Waals surface area contributed by atoms with Crippen molar-refractivity contribution in [3.8, 4) is 5.75 Å². The molecule has 3 amide bonds. The van der Waals surface area contributed by atoms with Crippen LogP contribution in [0.4, 0.5) is 10.7 Å². The third-order valence-corrected chi connectivity index (χ3v) is 11.1. The van der Waals surface area contributed by atoms with Gasteiger partial charge in [-0.2, -0.15) is 0 Å². The molecule has 12 heteroatoms. The first-order chi connectivity index (χ1) is 26.7. The molecule has 1 aromatic heterocycles. The number of anilines is 2. The molecule has 1 atom stereocenters. The molecule has 0 spiro atoms. The molecule has 0 bridgehead atoms. The van der Waals surface area contributed by atoms with Crippen molar-refractivity contribution in [3.05, 3.63) is 148 Å². The van der Waals surface area contributed by atoms with Gasteiger partial charge in [-0.05, 0) is 73.9 Å². The second-order valence-electron chi connectivity index (χ2n) is 12.7. The van der Waals surface area contributed by atoms with Crippen LogP contribution >= 0.6 is 23.1 Å². The standard InChI is InChI=1S/C43H42N4O6S2/c1-4-53-43(51)38-34-22-23-47(26-29-14-7-5-8-15-29)27-37(34)55-42(38)46-39(48)28(2)54-33-20-13-19-32(25-33)44-41(50)35(24-31-18-11-12-21-36(31)52-3)45-40(49)30-16-9-6-10-17-30/h5-21,24-25,28H,4,22-23,26-27H2,1-3H3,(H,44,50)(H,45,49)(H,46,48)/b35-24+. The van der Waals surface area contributed by atoms with Gasteiger partial charge in [-0.25, -0.2) is 4.79 Å². The van der Waals surface area contributed by atoms with Crippen LogP contribution < -0.4 is 20.7 Å². The topological polar surface area (TPSA) is 126 Å². The van der Waals surface area contributed by atoms with E-state index in [2.05, 4.69) is 33.0 Å². The molecule has 4 aromatic carbocycles. The predicted molar refractivity (Wildman–Crippen MR) is 218 cm³/mol. The number of fused-ring (bicyclic) bond motifs is 1. The second-order valence-corrected chi connectivity index (χ2v) is 15.2. The summed E-state index contributed by atoms with van der Waals surface area (Å²) in [5.41, 5.74) is 4.08. The van der Waals surface area contributed by atoms with Gasteiger partial charge < -0.3 is 25.4 Å². The molecule has 5 aromatic rings.